The summed E-state index contributed by atoms with van der Waals surface area (Å²) in [5.74, 6) is -0.674. The number of carbonyl (C=O) groups is 1. The maximum atomic E-state index is 14.4. The maximum absolute atomic E-state index is 14.4. The summed E-state index contributed by atoms with van der Waals surface area (Å²) in [7, 11) is 0. The Morgan fingerprint density at radius 3 is 2.74 bits per heavy atom. The summed E-state index contributed by atoms with van der Waals surface area (Å²) >= 11 is 0. The molecule has 7 nitrogen and oxygen atoms in total. The first-order valence-electron chi connectivity index (χ1n) is 10.6. The zero-order valence-electron chi connectivity index (χ0n) is 18.1. The normalized spacial score (nSPS) is 16.9. The highest BCUT2D eigenvalue weighted by Crippen LogP contribution is 2.28. The highest BCUT2D eigenvalue weighted by molar-refractivity contribution is 6.07. The van der Waals surface area contributed by atoms with Crippen molar-refractivity contribution in [2.24, 2.45) is 0 Å². The fraction of sp³-hybridized carbons (Fsp3) is 0.435. The Morgan fingerprint density at radius 1 is 1.29 bits per heavy atom. The number of nitrogens with zero attached hydrogens (tertiary/aromatic N) is 3. The second-order valence-corrected chi connectivity index (χ2v) is 8.12. The quantitative estimate of drug-likeness (QED) is 0.649. The van der Waals surface area contributed by atoms with Gasteiger partial charge in [0.1, 0.15) is 5.82 Å². The van der Waals surface area contributed by atoms with Crippen LogP contribution in [0.3, 0.4) is 0 Å². The molecule has 1 aliphatic heterocycles. The third-order valence-electron chi connectivity index (χ3n) is 6.18. The number of hydrogen-bond acceptors (Lipinski definition) is 6. The first-order valence-corrected chi connectivity index (χ1v) is 10.6. The fourth-order valence-corrected chi connectivity index (χ4v) is 4.01. The van der Waals surface area contributed by atoms with Crippen molar-refractivity contribution >= 4 is 17.0 Å². The number of benzene rings is 1. The number of aromatic nitrogens is 2. The maximum Gasteiger partial charge on any atom is 0.259 e. The van der Waals surface area contributed by atoms with Gasteiger partial charge in [0.15, 0.2) is 0 Å². The molecule has 2 aromatic heterocycles. The second kappa shape index (κ2) is 8.72. The van der Waals surface area contributed by atoms with Gasteiger partial charge in [-0.25, -0.2) is 9.37 Å². The molecule has 31 heavy (non-hydrogen) atoms. The number of ether oxygens (including phenoxy) is 1. The minimum absolute atomic E-state index is 0.191. The number of amides is 1. The van der Waals surface area contributed by atoms with Gasteiger partial charge < -0.3 is 14.6 Å². The molecular weight excluding hydrogens is 399 g/mol. The van der Waals surface area contributed by atoms with Crippen molar-refractivity contribution in [2.45, 2.75) is 32.7 Å². The molecular formula is C23H27FN4O3. The average Bonchev–Trinajstić information content (AvgIpc) is 3.18. The van der Waals surface area contributed by atoms with Gasteiger partial charge in [-0.05, 0) is 38.5 Å². The van der Waals surface area contributed by atoms with Gasteiger partial charge >= 0.3 is 0 Å². The van der Waals surface area contributed by atoms with E-state index in [2.05, 4.69) is 34.2 Å². The first kappa shape index (κ1) is 21.4. The van der Waals surface area contributed by atoms with E-state index in [0.717, 1.165) is 19.5 Å². The minimum Gasteiger partial charge on any atom is -0.379 e. The molecule has 4 rings (SSSR count). The Hall–Kier alpha value is -2.84. The third kappa shape index (κ3) is 4.18. The number of nitrogens with one attached hydrogen (secondary N) is 1. The molecule has 1 unspecified atom stereocenters. The van der Waals surface area contributed by atoms with Crippen molar-refractivity contribution in [1.82, 2.24) is 20.4 Å². The first-order chi connectivity index (χ1) is 14.9. The molecule has 1 fully saturated rings. The Morgan fingerprint density at radius 2 is 2.03 bits per heavy atom. The minimum atomic E-state index is -0.414. The largest absolute Gasteiger partial charge is 0.379 e. The summed E-state index contributed by atoms with van der Waals surface area (Å²) in [5, 5.41) is 7.58. The summed E-state index contributed by atoms with van der Waals surface area (Å²) in [4.78, 5) is 20.0. The van der Waals surface area contributed by atoms with Crippen LogP contribution in [0.5, 0.6) is 0 Å². The molecule has 0 aliphatic carbocycles. The molecule has 0 radical (unpaired) electrons. The Bertz CT molecular complexity index is 1090. The van der Waals surface area contributed by atoms with Gasteiger partial charge in [0.05, 0.1) is 35.6 Å². The fourth-order valence-electron chi connectivity index (χ4n) is 4.01. The van der Waals surface area contributed by atoms with Crippen LogP contribution in [0.1, 0.15) is 36.3 Å². The zero-order chi connectivity index (χ0) is 22.0. The lowest BCUT2D eigenvalue weighted by atomic mass is 9.95. The smallest absolute Gasteiger partial charge is 0.259 e. The molecule has 1 amide bonds. The van der Waals surface area contributed by atoms with Gasteiger partial charge in [-0.15, -0.1) is 0 Å². The van der Waals surface area contributed by atoms with Crippen molar-refractivity contribution in [3.05, 3.63) is 47.4 Å². The number of hydrogen-bond donors (Lipinski definition) is 1. The lowest BCUT2D eigenvalue weighted by Gasteiger charge is -2.43. The number of halogens is 1. The summed E-state index contributed by atoms with van der Waals surface area (Å²) in [6.45, 7) is 9.57. The van der Waals surface area contributed by atoms with E-state index in [4.69, 9.17) is 9.26 Å². The SMILES string of the molecule is CCC(C)(CNC(=O)c1cc(-c2ccccc2F)nc2onc(C)c12)N1CCOCC1. The molecule has 1 N–H and O–H groups in total. The monoisotopic (exact) mass is 426 g/mol. The standard InChI is InChI=1S/C23H27FN4O3/c1-4-23(3,28-9-11-30-12-10-28)14-25-21(29)17-13-19(16-7-5-6-8-18(16)24)26-22-20(17)15(2)27-31-22/h5-8,13H,4,9-12,14H2,1-3H3,(H,25,29). The van der Waals surface area contributed by atoms with Gasteiger partial charge in [0.25, 0.3) is 11.6 Å². The molecule has 3 heterocycles. The average molecular weight is 426 g/mol. The van der Waals surface area contributed by atoms with Crippen LogP contribution in [0.15, 0.2) is 34.9 Å². The Kier molecular flexibility index (Phi) is 6.02. The van der Waals surface area contributed by atoms with E-state index >= 15 is 0 Å². The van der Waals surface area contributed by atoms with E-state index < -0.39 is 5.82 Å². The zero-order valence-corrected chi connectivity index (χ0v) is 18.1. The van der Waals surface area contributed by atoms with E-state index in [1.807, 2.05) is 0 Å². The molecule has 0 saturated carbocycles. The molecule has 8 heteroatoms. The lowest BCUT2D eigenvalue weighted by Crippen LogP contribution is -2.56. The van der Waals surface area contributed by atoms with E-state index in [1.54, 1.807) is 31.2 Å². The van der Waals surface area contributed by atoms with Crippen molar-refractivity contribution in [1.29, 1.82) is 0 Å². The third-order valence-corrected chi connectivity index (χ3v) is 6.18. The van der Waals surface area contributed by atoms with Crippen molar-refractivity contribution in [3.63, 3.8) is 0 Å². The van der Waals surface area contributed by atoms with Gasteiger partial charge in [-0.1, -0.05) is 24.2 Å². The van der Waals surface area contributed by atoms with Gasteiger partial charge in [-0.3, -0.25) is 9.69 Å². The number of rotatable bonds is 6. The number of fused-ring (bicyclic) bond motifs is 1. The van der Waals surface area contributed by atoms with Crippen LogP contribution in [0.2, 0.25) is 0 Å². The van der Waals surface area contributed by atoms with Crippen molar-refractivity contribution < 1.29 is 18.4 Å². The number of aryl methyl sites for hydroxylation is 1. The van der Waals surface area contributed by atoms with Crippen molar-refractivity contribution in [2.75, 3.05) is 32.8 Å². The molecule has 3 aromatic rings. The highest BCUT2D eigenvalue weighted by Gasteiger charge is 2.32. The van der Waals surface area contributed by atoms with Crippen LogP contribution in [-0.4, -0.2) is 59.3 Å². The van der Waals surface area contributed by atoms with Crippen LogP contribution < -0.4 is 5.32 Å². The number of carbonyl (C=O) groups excluding carboxylic acids is 1. The van der Waals surface area contributed by atoms with Crippen LogP contribution >= 0.6 is 0 Å². The predicted molar refractivity (Wildman–Crippen MR) is 115 cm³/mol. The second-order valence-electron chi connectivity index (χ2n) is 8.12. The van der Waals surface area contributed by atoms with Crippen molar-refractivity contribution in [3.8, 4) is 11.3 Å². The van der Waals surface area contributed by atoms with Gasteiger partial charge in [0.2, 0.25) is 0 Å². The number of pyridine rings is 1. The highest BCUT2D eigenvalue weighted by atomic mass is 19.1. The Balaban J connectivity index is 1.65. The molecule has 1 aliphatic rings. The van der Waals surface area contributed by atoms with Gasteiger partial charge in [0, 0.05) is 30.7 Å². The van der Waals surface area contributed by atoms with Crippen LogP contribution in [0.25, 0.3) is 22.4 Å². The molecule has 1 atom stereocenters. The molecule has 0 spiro atoms. The van der Waals surface area contributed by atoms with E-state index in [0.29, 0.717) is 47.7 Å². The van der Waals surface area contributed by atoms with Crippen LogP contribution in [0.4, 0.5) is 4.39 Å². The summed E-state index contributed by atoms with van der Waals surface area (Å²) in [6.07, 6.45) is 0.881. The molecule has 0 bridgehead atoms. The summed E-state index contributed by atoms with van der Waals surface area (Å²) in [5.41, 5.74) is 1.61. The molecule has 164 valence electrons. The summed E-state index contributed by atoms with van der Waals surface area (Å²) in [6, 6.07) is 7.94. The molecule has 1 aromatic carbocycles. The Labute approximate surface area is 180 Å². The van der Waals surface area contributed by atoms with Gasteiger partial charge in [-0.2, -0.15) is 0 Å². The summed E-state index contributed by atoms with van der Waals surface area (Å²) < 4.78 is 25.2. The number of morpholine rings is 1. The van der Waals surface area contributed by atoms with Crippen LogP contribution in [-0.2, 0) is 4.74 Å². The molecule has 1 saturated heterocycles. The van der Waals surface area contributed by atoms with E-state index in [-0.39, 0.29) is 17.2 Å². The van der Waals surface area contributed by atoms with E-state index in [1.165, 1.54) is 6.07 Å². The van der Waals surface area contributed by atoms with Crippen LogP contribution in [0, 0.1) is 12.7 Å². The lowest BCUT2D eigenvalue weighted by molar-refractivity contribution is -0.0169. The topological polar surface area (TPSA) is 80.5 Å². The van der Waals surface area contributed by atoms with E-state index in [9.17, 15) is 9.18 Å². The predicted octanol–water partition coefficient (Wildman–Crippen LogP) is 3.57.